The van der Waals surface area contributed by atoms with Gasteiger partial charge in [0.05, 0.1) is 13.2 Å². The van der Waals surface area contributed by atoms with Crippen LogP contribution in [0.3, 0.4) is 0 Å². The first-order chi connectivity index (χ1) is 13.5. The number of benzene rings is 1. The minimum Gasteiger partial charge on any atom is -0.367 e. The van der Waals surface area contributed by atoms with E-state index in [1.807, 2.05) is 30.3 Å². The van der Waals surface area contributed by atoms with Crippen molar-refractivity contribution in [2.45, 2.75) is 13.0 Å². The molecule has 0 spiro atoms. The van der Waals surface area contributed by atoms with Crippen LogP contribution in [0.1, 0.15) is 12.0 Å². The Morgan fingerprint density at radius 1 is 0.964 bits per heavy atom. The predicted molar refractivity (Wildman–Crippen MR) is 99.0 cm³/mol. The summed E-state index contributed by atoms with van der Waals surface area (Å²) in [5, 5.41) is 2.39. The summed E-state index contributed by atoms with van der Waals surface area (Å²) in [6, 6.07) is 9.09. The number of rotatable bonds is 6. The molecule has 0 saturated carbocycles. The fourth-order valence-electron chi connectivity index (χ4n) is 3.19. The van der Waals surface area contributed by atoms with Gasteiger partial charge in [-0.2, -0.15) is 0 Å². The maximum absolute atomic E-state index is 12.4. The molecule has 0 unspecified atom stereocenters. The van der Waals surface area contributed by atoms with Gasteiger partial charge in [0.25, 0.3) is 5.91 Å². The molecular weight excluding hydrogens is 364 g/mol. The van der Waals surface area contributed by atoms with Crippen LogP contribution >= 0.6 is 0 Å². The number of hydrogen-bond acceptors (Lipinski definition) is 5. The Hall–Kier alpha value is -2.94. The Kier molecular flexibility index (Phi) is 6.59. The van der Waals surface area contributed by atoms with Crippen LogP contribution < -0.4 is 5.32 Å². The molecule has 150 valence electrons. The Bertz CT molecular complexity index is 723. The molecule has 5 amide bonds. The molecule has 1 aromatic rings. The lowest BCUT2D eigenvalue weighted by molar-refractivity contribution is -0.138. The monoisotopic (exact) mass is 388 g/mol. The largest absolute Gasteiger partial charge is 0.367 e. The molecule has 0 radical (unpaired) electrons. The summed E-state index contributed by atoms with van der Waals surface area (Å²) in [5.74, 6) is -0.806. The number of carbonyl (C=O) groups is 4. The summed E-state index contributed by atoms with van der Waals surface area (Å²) in [4.78, 5) is 52.2. The van der Waals surface area contributed by atoms with Crippen molar-refractivity contribution < 1.29 is 23.9 Å². The molecule has 2 saturated heterocycles. The number of ether oxygens (including phenoxy) is 1. The van der Waals surface area contributed by atoms with E-state index in [0.29, 0.717) is 39.2 Å². The van der Waals surface area contributed by atoms with E-state index in [9.17, 15) is 19.2 Å². The average molecular weight is 388 g/mol. The second kappa shape index (κ2) is 9.32. The second-order valence-electron chi connectivity index (χ2n) is 6.73. The van der Waals surface area contributed by atoms with E-state index >= 15 is 0 Å². The predicted octanol–water partition coefficient (Wildman–Crippen LogP) is -0.184. The molecule has 3 rings (SSSR count). The van der Waals surface area contributed by atoms with Gasteiger partial charge in [0.2, 0.25) is 11.8 Å². The zero-order valence-corrected chi connectivity index (χ0v) is 15.6. The van der Waals surface area contributed by atoms with Gasteiger partial charge in [0, 0.05) is 26.2 Å². The second-order valence-corrected chi connectivity index (χ2v) is 6.73. The number of amides is 5. The fourth-order valence-corrected chi connectivity index (χ4v) is 3.19. The lowest BCUT2D eigenvalue weighted by Gasteiger charge is -2.23. The maximum atomic E-state index is 12.4. The molecule has 0 aromatic heterocycles. The Labute approximate surface area is 163 Å². The standard InChI is InChI=1S/C19H24N4O5/c24-16-11-20-19(27)23(16)12-17(25)21-7-4-8-22(10-9-21)18(26)14-28-13-15-5-2-1-3-6-15/h1-3,5-6H,4,7-14H2,(H,20,27). The number of urea groups is 1. The minimum atomic E-state index is -0.541. The third kappa shape index (κ3) is 5.07. The first kappa shape index (κ1) is 19.8. The van der Waals surface area contributed by atoms with Gasteiger partial charge >= 0.3 is 6.03 Å². The number of nitrogens with one attached hydrogen (secondary N) is 1. The van der Waals surface area contributed by atoms with Crippen LogP contribution in [-0.2, 0) is 25.7 Å². The highest BCUT2D eigenvalue weighted by molar-refractivity contribution is 6.04. The highest BCUT2D eigenvalue weighted by atomic mass is 16.5. The van der Waals surface area contributed by atoms with Crippen molar-refractivity contribution in [2.24, 2.45) is 0 Å². The number of nitrogens with zero attached hydrogens (tertiary/aromatic N) is 3. The lowest BCUT2D eigenvalue weighted by atomic mass is 10.2. The molecule has 2 aliphatic heterocycles. The van der Waals surface area contributed by atoms with Crippen molar-refractivity contribution in [1.82, 2.24) is 20.0 Å². The van der Waals surface area contributed by atoms with E-state index in [1.54, 1.807) is 9.80 Å². The summed E-state index contributed by atoms with van der Waals surface area (Å²) in [6.07, 6.45) is 0.635. The van der Waals surface area contributed by atoms with Crippen LogP contribution in [0.2, 0.25) is 0 Å². The smallest absolute Gasteiger partial charge is 0.325 e. The summed E-state index contributed by atoms with van der Waals surface area (Å²) in [6.45, 7) is 1.82. The molecule has 28 heavy (non-hydrogen) atoms. The van der Waals surface area contributed by atoms with Crippen molar-refractivity contribution in [3.63, 3.8) is 0 Å². The molecule has 9 nitrogen and oxygen atoms in total. The zero-order valence-electron chi connectivity index (χ0n) is 15.6. The van der Waals surface area contributed by atoms with Crippen LogP contribution in [0.15, 0.2) is 30.3 Å². The Balaban J connectivity index is 1.43. The van der Waals surface area contributed by atoms with E-state index in [2.05, 4.69) is 5.32 Å². The van der Waals surface area contributed by atoms with Gasteiger partial charge < -0.3 is 19.9 Å². The molecule has 2 heterocycles. The van der Waals surface area contributed by atoms with E-state index in [0.717, 1.165) is 10.5 Å². The molecular formula is C19H24N4O5. The van der Waals surface area contributed by atoms with Crippen molar-refractivity contribution in [2.75, 3.05) is 45.9 Å². The van der Waals surface area contributed by atoms with Crippen molar-refractivity contribution in [3.8, 4) is 0 Å². The Morgan fingerprint density at radius 3 is 2.29 bits per heavy atom. The van der Waals surface area contributed by atoms with Gasteiger partial charge in [-0.1, -0.05) is 30.3 Å². The molecule has 0 aliphatic carbocycles. The first-order valence-electron chi connectivity index (χ1n) is 9.30. The van der Waals surface area contributed by atoms with E-state index in [1.165, 1.54) is 0 Å². The van der Waals surface area contributed by atoms with Gasteiger partial charge in [-0.05, 0) is 12.0 Å². The van der Waals surface area contributed by atoms with Crippen LogP contribution in [0.25, 0.3) is 0 Å². The number of hydrogen-bond donors (Lipinski definition) is 1. The molecule has 2 fully saturated rings. The summed E-state index contributed by atoms with van der Waals surface area (Å²) in [5.41, 5.74) is 1.00. The third-order valence-electron chi connectivity index (χ3n) is 4.77. The van der Waals surface area contributed by atoms with Gasteiger partial charge in [0.1, 0.15) is 13.2 Å². The van der Waals surface area contributed by atoms with Crippen LogP contribution in [0.4, 0.5) is 4.79 Å². The summed E-state index contributed by atoms with van der Waals surface area (Å²) < 4.78 is 5.50. The average Bonchev–Trinajstić information content (AvgIpc) is 2.90. The van der Waals surface area contributed by atoms with Crippen molar-refractivity contribution in [1.29, 1.82) is 0 Å². The normalized spacial score (nSPS) is 17.5. The fraction of sp³-hybridized carbons (Fsp3) is 0.474. The molecule has 2 aliphatic rings. The minimum absolute atomic E-state index is 0.00864. The van der Waals surface area contributed by atoms with E-state index < -0.39 is 11.9 Å². The molecule has 0 bridgehead atoms. The van der Waals surface area contributed by atoms with Gasteiger partial charge in [-0.25, -0.2) is 4.79 Å². The molecule has 1 N–H and O–H groups in total. The van der Waals surface area contributed by atoms with Crippen LogP contribution in [0.5, 0.6) is 0 Å². The topological polar surface area (TPSA) is 99.3 Å². The molecule has 9 heteroatoms. The van der Waals surface area contributed by atoms with Gasteiger partial charge in [0.15, 0.2) is 0 Å². The first-order valence-corrected chi connectivity index (χ1v) is 9.30. The van der Waals surface area contributed by atoms with E-state index in [4.69, 9.17) is 4.74 Å². The van der Waals surface area contributed by atoms with E-state index in [-0.39, 0.29) is 31.5 Å². The van der Waals surface area contributed by atoms with Gasteiger partial charge in [-0.3, -0.25) is 19.3 Å². The zero-order chi connectivity index (χ0) is 19.9. The van der Waals surface area contributed by atoms with Crippen molar-refractivity contribution in [3.05, 3.63) is 35.9 Å². The quantitative estimate of drug-likeness (QED) is 0.682. The van der Waals surface area contributed by atoms with Crippen molar-refractivity contribution >= 4 is 23.8 Å². The van der Waals surface area contributed by atoms with Crippen LogP contribution in [-0.4, -0.2) is 84.3 Å². The maximum Gasteiger partial charge on any atom is 0.325 e. The summed E-state index contributed by atoms with van der Waals surface area (Å²) >= 11 is 0. The summed E-state index contributed by atoms with van der Waals surface area (Å²) in [7, 11) is 0. The van der Waals surface area contributed by atoms with Gasteiger partial charge in [-0.15, -0.1) is 0 Å². The number of carbonyl (C=O) groups excluding carboxylic acids is 4. The Morgan fingerprint density at radius 2 is 1.64 bits per heavy atom. The van der Waals surface area contributed by atoms with Crippen LogP contribution in [0, 0.1) is 0 Å². The lowest BCUT2D eigenvalue weighted by Crippen LogP contribution is -2.44. The highest BCUT2D eigenvalue weighted by Crippen LogP contribution is 2.08. The SMILES string of the molecule is O=C(COCc1ccccc1)N1CCCN(C(=O)CN2C(=O)CNC2=O)CC1. The number of imide groups is 1. The third-order valence-corrected chi connectivity index (χ3v) is 4.77. The highest BCUT2D eigenvalue weighted by Gasteiger charge is 2.32. The molecule has 1 aromatic carbocycles. The molecule has 0 atom stereocenters.